The van der Waals surface area contributed by atoms with Crippen LogP contribution >= 0.6 is 11.6 Å². The number of methoxy groups -OCH3 is 1. The topological polar surface area (TPSA) is 87.7 Å². The van der Waals surface area contributed by atoms with Gasteiger partial charge in [-0.25, -0.2) is 4.79 Å². The van der Waals surface area contributed by atoms with Crippen molar-refractivity contribution in [1.29, 1.82) is 0 Å². The fraction of sp³-hybridized carbons (Fsp3) is 0.250. The summed E-state index contributed by atoms with van der Waals surface area (Å²) in [7, 11) is 1.57. The Balaban J connectivity index is 1.53. The molecule has 0 saturated carbocycles. The third-order valence-electron chi connectivity index (χ3n) is 4.38. The number of amides is 4. The van der Waals surface area contributed by atoms with E-state index in [2.05, 4.69) is 10.6 Å². The summed E-state index contributed by atoms with van der Waals surface area (Å²) in [5, 5.41) is 5.88. The molecule has 1 aliphatic heterocycles. The van der Waals surface area contributed by atoms with Crippen LogP contribution in [0.3, 0.4) is 0 Å². The molecule has 146 valence electrons. The zero-order valence-corrected chi connectivity index (χ0v) is 16.0. The van der Waals surface area contributed by atoms with Crippen LogP contribution in [0.1, 0.15) is 18.4 Å². The molecule has 0 aromatic heterocycles. The van der Waals surface area contributed by atoms with Gasteiger partial charge in [0.05, 0.1) is 13.7 Å². The SMILES string of the molecule is COc1ccc(CN2C(=O)NC(CCC(=O)Nc3cccc(Cl)c3)C2=O)cc1. The summed E-state index contributed by atoms with van der Waals surface area (Å²) in [6.07, 6.45) is 0.315. The lowest BCUT2D eigenvalue weighted by Crippen LogP contribution is -2.31. The van der Waals surface area contributed by atoms with Gasteiger partial charge in [-0.15, -0.1) is 0 Å². The van der Waals surface area contributed by atoms with Gasteiger partial charge in [0.15, 0.2) is 0 Å². The van der Waals surface area contributed by atoms with Crippen molar-refractivity contribution in [2.24, 2.45) is 0 Å². The standard InChI is InChI=1S/C20H20ClN3O4/c1-28-16-7-5-13(6-8-16)12-24-19(26)17(23-20(24)27)9-10-18(25)22-15-4-2-3-14(21)11-15/h2-8,11,17H,9-10,12H2,1H3,(H,22,25)(H,23,27). The average Bonchev–Trinajstić information content (AvgIpc) is 2.94. The molecule has 8 heteroatoms. The van der Waals surface area contributed by atoms with Gasteiger partial charge in [-0.1, -0.05) is 29.8 Å². The van der Waals surface area contributed by atoms with E-state index in [4.69, 9.17) is 16.3 Å². The van der Waals surface area contributed by atoms with Crippen molar-refractivity contribution in [3.05, 3.63) is 59.1 Å². The molecule has 4 amide bonds. The van der Waals surface area contributed by atoms with Crippen LogP contribution in [0, 0.1) is 0 Å². The maximum absolute atomic E-state index is 12.5. The lowest BCUT2D eigenvalue weighted by molar-refractivity contribution is -0.128. The molecule has 2 aromatic carbocycles. The molecule has 1 aliphatic rings. The minimum Gasteiger partial charge on any atom is -0.497 e. The van der Waals surface area contributed by atoms with Crippen LogP contribution in [0.15, 0.2) is 48.5 Å². The predicted octanol–water partition coefficient (Wildman–Crippen LogP) is 3.19. The first kappa shape index (κ1) is 19.7. The summed E-state index contributed by atoms with van der Waals surface area (Å²) in [6, 6.07) is 12.8. The molecule has 1 fully saturated rings. The van der Waals surface area contributed by atoms with Crippen molar-refractivity contribution >= 4 is 35.1 Å². The number of anilines is 1. The Morgan fingerprint density at radius 1 is 1.21 bits per heavy atom. The second kappa shape index (κ2) is 8.75. The maximum atomic E-state index is 12.5. The van der Waals surface area contributed by atoms with Crippen molar-refractivity contribution in [3.63, 3.8) is 0 Å². The highest BCUT2D eigenvalue weighted by Crippen LogP contribution is 2.19. The Morgan fingerprint density at radius 3 is 2.64 bits per heavy atom. The smallest absolute Gasteiger partial charge is 0.325 e. The highest BCUT2D eigenvalue weighted by atomic mass is 35.5. The number of nitrogens with zero attached hydrogens (tertiary/aromatic N) is 1. The minimum atomic E-state index is -0.712. The van der Waals surface area contributed by atoms with Crippen LogP contribution < -0.4 is 15.4 Å². The van der Waals surface area contributed by atoms with Crippen LogP contribution in [-0.4, -0.2) is 35.9 Å². The van der Waals surface area contributed by atoms with E-state index in [-0.39, 0.29) is 31.2 Å². The summed E-state index contributed by atoms with van der Waals surface area (Å²) >= 11 is 5.89. The van der Waals surface area contributed by atoms with Crippen molar-refractivity contribution in [1.82, 2.24) is 10.2 Å². The maximum Gasteiger partial charge on any atom is 0.325 e. The van der Waals surface area contributed by atoms with Crippen LogP contribution in [0.5, 0.6) is 5.75 Å². The molecule has 0 bridgehead atoms. The average molecular weight is 402 g/mol. The summed E-state index contributed by atoms with van der Waals surface area (Å²) in [6.45, 7) is 0.167. The molecule has 7 nitrogen and oxygen atoms in total. The molecule has 3 rings (SSSR count). The van der Waals surface area contributed by atoms with Crippen molar-refractivity contribution in [2.75, 3.05) is 12.4 Å². The number of carbonyl (C=O) groups is 3. The molecule has 2 N–H and O–H groups in total. The normalized spacial score (nSPS) is 16.1. The van der Waals surface area contributed by atoms with Crippen molar-refractivity contribution < 1.29 is 19.1 Å². The number of hydrogen-bond acceptors (Lipinski definition) is 4. The van der Waals surface area contributed by atoms with Crippen LogP contribution in [0.25, 0.3) is 0 Å². The van der Waals surface area contributed by atoms with E-state index in [1.807, 2.05) is 0 Å². The predicted molar refractivity (Wildman–Crippen MR) is 105 cm³/mol. The molecule has 1 saturated heterocycles. The second-order valence-electron chi connectivity index (χ2n) is 6.37. The molecule has 0 aliphatic carbocycles. The number of rotatable bonds is 7. The van der Waals surface area contributed by atoms with E-state index in [9.17, 15) is 14.4 Å². The van der Waals surface area contributed by atoms with E-state index in [1.165, 1.54) is 0 Å². The number of nitrogens with one attached hydrogen (secondary N) is 2. The van der Waals surface area contributed by atoms with Crippen LogP contribution in [0.2, 0.25) is 5.02 Å². The zero-order valence-electron chi connectivity index (χ0n) is 15.3. The number of halogens is 1. The van der Waals surface area contributed by atoms with Gasteiger partial charge in [-0.2, -0.15) is 0 Å². The van der Waals surface area contributed by atoms with Gasteiger partial charge in [0, 0.05) is 17.1 Å². The number of hydrogen-bond donors (Lipinski definition) is 2. The third kappa shape index (κ3) is 4.80. The van der Waals surface area contributed by atoms with Gasteiger partial charge in [-0.3, -0.25) is 14.5 Å². The van der Waals surface area contributed by atoms with E-state index in [1.54, 1.807) is 55.6 Å². The minimum absolute atomic E-state index is 0.0968. The lowest BCUT2D eigenvalue weighted by Gasteiger charge is -2.13. The van der Waals surface area contributed by atoms with E-state index in [0.717, 1.165) is 10.5 Å². The molecule has 1 atom stereocenters. The molecule has 2 aromatic rings. The zero-order chi connectivity index (χ0) is 20.1. The fourth-order valence-electron chi connectivity index (χ4n) is 2.90. The number of urea groups is 1. The third-order valence-corrected chi connectivity index (χ3v) is 4.61. The van der Waals surface area contributed by atoms with Gasteiger partial charge >= 0.3 is 6.03 Å². The highest BCUT2D eigenvalue weighted by molar-refractivity contribution is 6.30. The molecule has 0 radical (unpaired) electrons. The Labute approximate surface area is 167 Å². The monoisotopic (exact) mass is 401 g/mol. The lowest BCUT2D eigenvalue weighted by atomic mass is 10.1. The van der Waals surface area contributed by atoms with Crippen LogP contribution in [0.4, 0.5) is 10.5 Å². The summed E-state index contributed by atoms with van der Waals surface area (Å²) in [4.78, 5) is 37.9. The Bertz CT molecular complexity index is 885. The van der Waals surface area contributed by atoms with Crippen molar-refractivity contribution in [3.8, 4) is 5.75 Å². The number of carbonyl (C=O) groups excluding carboxylic acids is 3. The summed E-state index contributed by atoms with van der Waals surface area (Å²) in [5.74, 6) is 0.110. The number of imide groups is 1. The second-order valence-corrected chi connectivity index (χ2v) is 6.81. The van der Waals surface area contributed by atoms with Crippen LogP contribution in [-0.2, 0) is 16.1 Å². The van der Waals surface area contributed by atoms with E-state index < -0.39 is 12.1 Å². The summed E-state index contributed by atoms with van der Waals surface area (Å²) < 4.78 is 5.10. The largest absolute Gasteiger partial charge is 0.497 e. The fourth-order valence-corrected chi connectivity index (χ4v) is 3.09. The molecule has 0 spiro atoms. The first-order valence-corrected chi connectivity index (χ1v) is 9.14. The molecule has 1 unspecified atom stereocenters. The van der Waals surface area contributed by atoms with Gasteiger partial charge in [0.1, 0.15) is 11.8 Å². The highest BCUT2D eigenvalue weighted by Gasteiger charge is 2.37. The van der Waals surface area contributed by atoms with E-state index >= 15 is 0 Å². The molecule has 1 heterocycles. The summed E-state index contributed by atoms with van der Waals surface area (Å²) in [5.41, 5.74) is 1.39. The molecule has 28 heavy (non-hydrogen) atoms. The van der Waals surface area contributed by atoms with Gasteiger partial charge in [-0.05, 0) is 42.3 Å². The first-order chi connectivity index (χ1) is 13.5. The Hall–Kier alpha value is -3.06. The van der Waals surface area contributed by atoms with Gasteiger partial charge in [0.2, 0.25) is 5.91 Å². The Kier molecular flexibility index (Phi) is 6.16. The number of ether oxygens (including phenoxy) is 1. The quantitative estimate of drug-likeness (QED) is 0.697. The molecular weight excluding hydrogens is 382 g/mol. The first-order valence-electron chi connectivity index (χ1n) is 8.76. The van der Waals surface area contributed by atoms with Gasteiger partial charge < -0.3 is 15.4 Å². The van der Waals surface area contributed by atoms with Crippen molar-refractivity contribution in [2.45, 2.75) is 25.4 Å². The van der Waals surface area contributed by atoms with E-state index in [0.29, 0.717) is 16.5 Å². The number of benzene rings is 2. The van der Waals surface area contributed by atoms with Gasteiger partial charge in [0.25, 0.3) is 5.91 Å². The Morgan fingerprint density at radius 2 is 1.96 bits per heavy atom. The molecular formula is C20H20ClN3O4.